The minimum Gasteiger partial charge on any atom is -0.463 e. The van der Waals surface area contributed by atoms with Crippen LogP contribution in [0.3, 0.4) is 0 Å². The number of furan rings is 1. The van der Waals surface area contributed by atoms with Gasteiger partial charge >= 0.3 is 0 Å². The molecule has 0 saturated heterocycles. The Bertz CT molecular complexity index is 1140. The first kappa shape index (κ1) is 19.7. The van der Waals surface area contributed by atoms with Crippen LogP contribution in [0.1, 0.15) is 16.7 Å². The lowest BCUT2D eigenvalue weighted by atomic mass is 10.1. The molecule has 6 heteroatoms. The number of amides is 1. The fourth-order valence-electron chi connectivity index (χ4n) is 3.49. The summed E-state index contributed by atoms with van der Waals surface area (Å²) in [4.78, 5) is 14.5. The zero-order chi connectivity index (χ0) is 20.8. The Morgan fingerprint density at radius 1 is 1.07 bits per heavy atom. The summed E-state index contributed by atoms with van der Waals surface area (Å²) in [6.45, 7) is 1.58. The Labute approximate surface area is 174 Å². The lowest BCUT2D eigenvalue weighted by Gasteiger charge is -2.07. The summed E-state index contributed by atoms with van der Waals surface area (Å²) in [7, 11) is 0. The van der Waals surface area contributed by atoms with Gasteiger partial charge in [0, 0.05) is 23.5 Å². The summed E-state index contributed by atoms with van der Waals surface area (Å²) < 4.78 is 5.62. The molecule has 1 amide bonds. The van der Waals surface area contributed by atoms with Crippen molar-refractivity contribution in [3.8, 4) is 11.5 Å². The van der Waals surface area contributed by atoms with Crippen LogP contribution in [0.4, 0.5) is 0 Å². The predicted octanol–water partition coefficient (Wildman–Crippen LogP) is 4.28. The van der Waals surface area contributed by atoms with E-state index in [4.69, 9.17) is 9.62 Å². The molecule has 0 radical (unpaired) electrons. The van der Waals surface area contributed by atoms with Crippen LogP contribution < -0.4 is 10.8 Å². The molecule has 0 bridgehead atoms. The van der Waals surface area contributed by atoms with Crippen molar-refractivity contribution in [3.63, 3.8) is 0 Å². The number of carbonyl (C=O) groups excluding carboxylic acids is 1. The molecule has 4 N–H and O–H groups in total. The van der Waals surface area contributed by atoms with Gasteiger partial charge in [0.1, 0.15) is 5.76 Å². The third kappa shape index (κ3) is 4.51. The number of carbonyl (C=O) groups is 1. The Balaban J connectivity index is 1.38. The van der Waals surface area contributed by atoms with Crippen molar-refractivity contribution in [1.29, 1.82) is 0 Å². The lowest BCUT2D eigenvalue weighted by Crippen LogP contribution is -2.16. The van der Waals surface area contributed by atoms with E-state index in [1.54, 1.807) is 17.8 Å². The first-order chi connectivity index (χ1) is 14.7. The van der Waals surface area contributed by atoms with Crippen LogP contribution in [0.2, 0.25) is 0 Å². The Kier molecular flexibility index (Phi) is 6.08. The van der Waals surface area contributed by atoms with Crippen LogP contribution in [0.25, 0.3) is 28.4 Å². The number of benzene rings is 2. The summed E-state index contributed by atoms with van der Waals surface area (Å²) in [6.07, 6.45) is 5.50. The van der Waals surface area contributed by atoms with Crippen molar-refractivity contribution >= 4 is 22.9 Å². The molecule has 6 nitrogen and oxygen atoms in total. The molecule has 152 valence electrons. The molecule has 0 unspecified atom stereocenters. The molecule has 0 aliphatic heterocycles. The number of para-hydroxylation sites is 1. The van der Waals surface area contributed by atoms with Gasteiger partial charge in [-0.05, 0) is 53.9 Å². The average molecular weight is 401 g/mol. The fraction of sp³-hybridized carbons (Fsp3) is 0.125. The van der Waals surface area contributed by atoms with E-state index in [0.717, 1.165) is 47.6 Å². The second kappa shape index (κ2) is 9.26. The van der Waals surface area contributed by atoms with Crippen molar-refractivity contribution in [2.45, 2.75) is 13.0 Å². The molecule has 0 aliphatic carbocycles. The maximum absolute atomic E-state index is 11.0. The molecule has 0 aliphatic rings. The molecule has 0 saturated carbocycles. The highest BCUT2D eigenvalue weighted by atomic mass is 16.5. The summed E-state index contributed by atoms with van der Waals surface area (Å²) in [5.41, 5.74) is 7.01. The number of hydrogen-bond acceptors (Lipinski definition) is 4. The van der Waals surface area contributed by atoms with Gasteiger partial charge < -0.3 is 14.7 Å². The molecule has 4 rings (SSSR count). The van der Waals surface area contributed by atoms with Gasteiger partial charge in [-0.15, -0.1) is 0 Å². The number of aromatic nitrogens is 1. The van der Waals surface area contributed by atoms with E-state index in [2.05, 4.69) is 28.5 Å². The number of aromatic amines is 1. The maximum atomic E-state index is 11.0. The van der Waals surface area contributed by atoms with E-state index in [-0.39, 0.29) is 0 Å². The number of hydroxylamine groups is 1. The standard InChI is InChI=1S/C24H23N3O3/c28-23(27-29)12-11-17-7-9-18(10-8-17)16-25-14-13-20-19-4-1-2-5-21(19)26-24(20)22-6-3-15-30-22/h1-12,15,25-26,29H,13-14,16H2,(H,27,28). The molecule has 0 atom stereocenters. The largest absolute Gasteiger partial charge is 0.463 e. The van der Waals surface area contributed by atoms with E-state index in [1.165, 1.54) is 17.0 Å². The highest BCUT2D eigenvalue weighted by Gasteiger charge is 2.14. The average Bonchev–Trinajstić information content (AvgIpc) is 3.44. The second-order valence-corrected chi connectivity index (χ2v) is 6.98. The minimum atomic E-state index is -0.549. The van der Waals surface area contributed by atoms with Crippen LogP contribution in [-0.2, 0) is 17.8 Å². The normalized spacial score (nSPS) is 11.4. The van der Waals surface area contributed by atoms with Crippen LogP contribution in [0.5, 0.6) is 0 Å². The van der Waals surface area contributed by atoms with Crippen molar-refractivity contribution in [3.05, 3.63) is 89.7 Å². The highest BCUT2D eigenvalue weighted by Crippen LogP contribution is 2.30. The third-order valence-electron chi connectivity index (χ3n) is 4.98. The first-order valence-electron chi connectivity index (χ1n) is 9.80. The molecule has 0 spiro atoms. The number of H-pyrrole nitrogens is 1. The number of nitrogens with one attached hydrogen (secondary N) is 3. The molecule has 2 aromatic carbocycles. The number of rotatable bonds is 8. The van der Waals surface area contributed by atoms with E-state index >= 15 is 0 Å². The van der Waals surface area contributed by atoms with Gasteiger partial charge in [0.25, 0.3) is 5.91 Å². The van der Waals surface area contributed by atoms with Gasteiger partial charge in [0.05, 0.1) is 12.0 Å². The van der Waals surface area contributed by atoms with Crippen LogP contribution in [0, 0.1) is 0 Å². The first-order valence-corrected chi connectivity index (χ1v) is 9.80. The third-order valence-corrected chi connectivity index (χ3v) is 4.98. The lowest BCUT2D eigenvalue weighted by molar-refractivity contribution is -0.124. The highest BCUT2D eigenvalue weighted by molar-refractivity contribution is 5.91. The topological polar surface area (TPSA) is 90.3 Å². The Morgan fingerprint density at radius 3 is 2.67 bits per heavy atom. The van der Waals surface area contributed by atoms with Gasteiger partial charge in [0.15, 0.2) is 0 Å². The van der Waals surface area contributed by atoms with E-state index < -0.39 is 5.91 Å². The molecular formula is C24H23N3O3. The van der Waals surface area contributed by atoms with Crippen LogP contribution >= 0.6 is 0 Å². The van der Waals surface area contributed by atoms with Gasteiger partial charge in [0.2, 0.25) is 0 Å². The van der Waals surface area contributed by atoms with E-state index in [1.807, 2.05) is 42.5 Å². The minimum absolute atomic E-state index is 0.549. The summed E-state index contributed by atoms with van der Waals surface area (Å²) in [5.74, 6) is 0.298. The quantitative estimate of drug-likeness (QED) is 0.154. The monoisotopic (exact) mass is 401 g/mol. The molecule has 2 aromatic heterocycles. The van der Waals surface area contributed by atoms with Crippen LogP contribution in [-0.4, -0.2) is 22.6 Å². The smallest absolute Gasteiger partial charge is 0.267 e. The van der Waals surface area contributed by atoms with Gasteiger partial charge in [-0.25, -0.2) is 5.48 Å². The summed E-state index contributed by atoms with van der Waals surface area (Å²) in [5, 5.41) is 13.2. The Hall–Kier alpha value is -3.61. The zero-order valence-electron chi connectivity index (χ0n) is 16.4. The van der Waals surface area contributed by atoms with Crippen molar-refractivity contribution < 1.29 is 14.4 Å². The van der Waals surface area contributed by atoms with Crippen molar-refractivity contribution in [2.75, 3.05) is 6.54 Å². The van der Waals surface area contributed by atoms with Crippen molar-refractivity contribution in [2.24, 2.45) is 0 Å². The molecular weight excluding hydrogens is 378 g/mol. The van der Waals surface area contributed by atoms with Gasteiger partial charge in [-0.2, -0.15) is 0 Å². The van der Waals surface area contributed by atoms with E-state index in [9.17, 15) is 4.79 Å². The number of fused-ring (bicyclic) bond motifs is 1. The zero-order valence-corrected chi connectivity index (χ0v) is 16.4. The molecule has 30 heavy (non-hydrogen) atoms. The molecule has 4 aromatic rings. The Morgan fingerprint density at radius 2 is 1.90 bits per heavy atom. The summed E-state index contributed by atoms with van der Waals surface area (Å²) in [6, 6.07) is 20.1. The SMILES string of the molecule is O=C(C=Cc1ccc(CNCCc2c(-c3ccco3)[nH]c3ccccc23)cc1)NO. The van der Waals surface area contributed by atoms with Gasteiger partial charge in [-0.1, -0.05) is 42.5 Å². The maximum Gasteiger partial charge on any atom is 0.267 e. The fourth-order valence-corrected chi connectivity index (χ4v) is 3.49. The van der Waals surface area contributed by atoms with Gasteiger partial charge in [-0.3, -0.25) is 10.0 Å². The van der Waals surface area contributed by atoms with Crippen LogP contribution in [0.15, 0.2) is 77.4 Å². The van der Waals surface area contributed by atoms with Crippen molar-refractivity contribution in [1.82, 2.24) is 15.8 Å². The van der Waals surface area contributed by atoms with E-state index in [0.29, 0.717) is 0 Å². The number of hydrogen-bond donors (Lipinski definition) is 4. The second-order valence-electron chi connectivity index (χ2n) is 6.98. The summed E-state index contributed by atoms with van der Waals surface area (Å²) >= 11 is 0. The molecule has 0 fully saturated rings. The predicted molar refractivity (Wildman–Crippen MR) is 117 cm³/mol. The molecule has 2 heterocycles.